The number of benzene rings is 1. The van der Waals surface area contributed by atoms with Crippen LogP contribution < -0.4 is 0 Å². The molecule has 0 bridgehead atoms. The summed E-state index contributed by atoms with van der Waals surface area (Å²) in [4.78, 5) is 25.9. The zero-order valence-corrected chi connectivity index (χ0v) is 12.8. The van der Waals surface area contributed by atoms with Gasteiger partial charge in [0.25, 0.3) is 0 Å². The third-order valence-electron chi connectivity index (χ3n) is 3.57. The summed E-state index contributed by atoms with van der Waals surface area (Å²) in [6.07, 6.45) is 8.30. The largest absolute Gasteiger partial charge is 0.459 e. The molecule has 4 nitrogen and oxygen atoms in total. The molecule has 4 heteroatoms. The molecule has 0 N–H and O–H groups in total. The summed E-state index contributed by atoms with van der Waals surface area (Å²) in [5, 5.41) is 0. The van der Waals surface area contributed by atoms with Gasteiger partial charge in [0, 0.05) is 12.6 Å². The fourth-order valence-corrected chi connectivity index (χ4v) is 2.45. The highest BCUT2D eigenvalue weighted by Crippen LogP contribution is 2.19. The van der Waals surface area contributed by atoms with E-state index in [0.29, 0.717) is 13.0 Å². The Morgan fingerprint density at radius 3 is 2.77 bits per heavy atom. The first-order valence-electron chi connectivity index (χ1n) is 7.53. The summed E-state index contributed by atoms with van der Waals surface area (Å²) in [5.74, 6) is -0.466. The van der Waals surface area contributed by atoms with Gasteiger partial charge in [0.05, 0.1) is 0 Å². The summed E-state index contributed by atoms with van der Waals surface area (Å²) < 4.78 is 5.35. The number of hydrogen-bond acceptors (Lipinski definition) is 3. The standard InChI is InChI=1S/C18H21NO3/c1-2-3-5-12-17(20)19-13-8-11-16(19)18(21)22-14-15-9-6-4-7-10-15/h2-7,9-10,12,16H,8,11,13-14H2,1H3/b3-2+,12-5+/t16-/m0/s1. The number of rotatable bonds is 5. The van der Waals surface area contributed by atoms with Crippen molar-refractivity contribution in [2.24, 2.45) is 0 Å². The second kappa shape index (κ2) is 8.17. The van der Waals surface area contributed by atoms with E-state index in [4.69, 9.17) is 4.74 Å². The van der Waals surface area contributed by atoms with Crippen LogP contribution in [0.4, 0.5) is 0 Å². The summed E-state index contributed by atoms with van der Waals surface area (Å²) >= 11 is 0. The smallest absolute Gasteiger partial charge is 0.329 e. The number of hydrogen-bond donors (Lipinski definition) is 0. The van der Waals surface area contributed by atoms with Crippen LogP contribution in [0.25, 0.3) is 0 Å². The molecule has 2 rings (SSSR count). The number of carbonyl (C=O) groups is 2. The van der Waals surface area contributed by atoms with Crippen LogP contribution in [0.15, 0.2) is 54.6 Å². The number of allylic oxidation sites excluding steroid dienone is 3. The number of likely N-dealkylation sites (tertiary alicyclic amines) is 1. The lowest BCUT2D eigenvalue weighted by molar-refractivity contribution is -0.153. The summed E-state index contributed by atoms with van der Waals surface area (Å²) in [5.41, 5.74) is 0.944. The van der Waals surface area contributed by atoms with Crippen molar-refractivity contribution in [2.75, 3.05) is 6.54 Å². The van der Waals surface area contributed by atoms with Crippen LogP contribution in [0.2, 0.25) is 0 Å². The number of esters is 1. The van der Waals surface area contributed by atoms with E-state index in [1.54, 1.807) is 17.1 Å². The predicted molar refractivity (Wildman–Crippen MR) is 84.9 cm³/mol. The Labute approximate surface area is 131 Å². The molecule has 0 aromatic heterocycles. The van der Waals surface area contributed by atoms with Crippen molar-refractivity contribution < 1.29 is 14.3 Å². The van der Waals surface area contributed by atoms with Crippen LogP contribution in [0.1, 0.15) is 25.3 Å². The minimum Gasteiger partial charge on any atom is -0.459 e. The van der Waals surface area contributed by atoms with Crippen molar-refractivity contribution in [3.63, 3.8) is 0 Å². The van der Waals surface area contributed by atoms with Crippen LogP contribution in [0, 0.1) is 0 Å². The Kier molecular flexibility index (Phi) is 5.95. The summed E-state index contributed by atoms with van der Waals surface area (Å²) in [6.45, 7) is 2.73. The lowest BCUT2D eigenvalue weighted by atomic mass is 10.2. The van der Waals surface area contributed by atoms with E-state index >= 15 is 0 Å². The maximum atomic E-state index is 12.2. The van der Waals surface area contributed by atoms with Crippen molar-refractivity contribution in [2.45, 2.75) is 32.4 Å². The quantitative estimate of drug-likeness (QED) is 0.477. The zero-order chi connectivity index (χ0) is 15.8. The van der Waals surface area contributed by atoms with Gasteiger partial charge in [-0.15, -0.1) is 0 Å². The van der Waals surface area contributed by atoms with E-state index in [9.17, 15) is 9.59 Å². The predicted octanol–water partition coefficient (Wildman–Crippen LogP) is 2.85. The average molecular weight is 299 g/mol. The summed E-state index contributed by atoms with van der Waals surface area (Å²) in [6, 6.07) is 9.07. The van der Waals surface area contributed by atoms with Crippen molar-refractivity contribution in [3.05, 3.63) is 60.2 Å². The Morgan fingerprint density at radius 1 is 1.27 bits per heavy atom. The molecule has 1 aliphatic rings. The highest BCUT2D eigenvalue weighted by Gasteiger charge is 2.34. The van der Waals surface area contributed by atoms with Gasteiger partial charge in [0.1, 0.15) is 12.6 Å². The molecule has 1 aromatic rings. The van der Waals surface area contributed by atoms with Gasteiger partial charge >= 0.3 is 5.97 Å². The monoisotopic (exact) mass is 299 g/mol. The lowest BCUT2D eigenvalue weighted by Gasteiger charge is -2.21. The molecule has 0 aliphatic carbocycles. The van der Waals surface area contributed by atoms with Crippen LogP contribution in [0.5, 0.6) is 0 Å². The van der Waals surface area contributed by atoms with E-state index in [1.165, 1.54) is 6.08 Å². The van der Waals surface area contributed by atoms with Gasteiger partial charge in [-0.1, -0.05) is 48.6 Å². The van der Waals surface area contributed by atoms with Crippen LogP contribution in [-0.2, 0) is 20.9 Å². The molecule has 0 unspecified atom stereocenters. The van der Waals surface area contributed by atoms with Gasteiger partial charge in [-0.3, -0.25) is 4.79 Å². The van der Waals surface area contributed by atoms with Gasteiger partial charge in [-0.05, 0) is 25.3 Å². The SMILES string of the molecule is C/C=C/C=C/C(=O)N1CCC[C@H]1C(=O)OCc1ccccc1. The number of carbonyl (C=O) groups excluding carboxylic acids is 2. The Morgan fingerprint density at radius 2 is 2.05 bits per heavy atom. The number of amides is 1. The topological polar surface area (TPSA) is 46.6 Å². The highest BCUT2D eigenvalue weighted by atomic mass is 16.5. The second-order valence-corrected chi connectivity index (χ2v) is 5.17. The second-order valence-electron chi connectivity index (χ2n) is 5.17. The van der Waals surface area contributed by atoms with Gasteiger partial charge in [0.2, 0.25) is 5.91 Å². The van der Waals surface area contributed by atoms with E-state index in [0.717, 1.165) is 12.0 Å². The van der Waals surface area contributed by atoms with E-state index in [2.05, 4.69) is 0 Å². The maximum absolute atomic E-state index is 12.2. The molecule has 0 spiro atoms. The van der Waals surface area contributed by atoms with E-state index in [1.807, 2.05) is 43.3 Å². The molecule has 0 saturated carbocycles. The Bertz CT molecular complexity index is 563. The Hall–Kier alpha value is -2.36. The van der Waals surface area contributed by atoms with E-state index in [-0.39, 0.29) is 18.5 Å². The minimum absolute atomic E-state index is 0.141. The average Bonchev–Trinajstić information content (AvgIpc) is 3.03. The Balaban J connectivity index is 1.92. The van der Waals surface area contributed by atoms with Crippen LogP contribution in [0.3, 0.4) is 0 Å². The molecule has 22 heavy (non-hydrogen) atoms. The van der Waals surface area contributed by atoms with Crippen molar-refractivity contribution in [1.29, 1.82) is 0 Å². The highest BCUT2D eigenvalue weighted by molar-refractivity contribution is 5.92. The normalized spacial score (nSPS) is 18.2. The van der Waals surface area contributed by atoms with Gasteiger partial charge < -0.3 is 9.64 Å². The van der Waals surface area contributed by atoms with Gasteiger partial charge in [-0.25, -0.2) is 4.79 Å². The molecular weight excluding hydrogens is 278 g/mol. The third kappa shape index (κ3) is 4.32. The molecule has 1 aliphatic heterocycles. The maximum Gasteiger partial charge on any atom is 0.329 e. The van der Waals surface area contributed by atoms with Crippen molar-refractivity contribution in [3.8, 4) is 0 Å². The fraction of sp³-hybridized carbons (Fsp3) is 0.333. The first-order valence-corrected chi connectivity index (χ1v) is 7.53. The summed E-state index contributed by atoms with van der Waals surface area (Å²) in [7, 11) is 0. The van der Waals surface area contributed by atoms with Gasteiger partial charge in [0.15, 0.2) is 0 Å². The van der Waals surface area contributed by atoms with E-state index < -0.39 is 6.04 Å². The molecule has 1 fully saturated rings. The number of ether oxygens (including phenoxy) is 1. The van der Waals surface area contributed by atoms with Crippen molar-refractivity contribution in [1.82, 2.24) is 4.90 Å². The van der Waals surface area contributed by atoms with Crippen LogP contribution in [-0.4, -0.2) is 29.4 Å². The number of nitrogens with zero attached hydrogens (tertiary/aromatic N) is 1. The van der Waals surface area contributed by atoms with Gasteiger partial charge in [-0.2, -0.15) is 0 Å². The molecule has 1 saturated heterocycles. The first kappa shape index (κ1) is 16.0. The molecule has 1 atom stereocenters. The molecule has 116 valence electrons. The molecule has 1 aromatic carbocycles. The van der Waals surface area contributed by atoms with Crippen LogP contribution >= 0.6 is 0 Å². The lowest BCUT2D eigenvalue weighted by Crippen LogP contribution is -2.40. The third-order valence-corrected chi connectivity index (χ3v) is 3.57. The molecular formula is C18H21NO3. The van der Waals surface area contributed by atoms with Crippen molar-refractivity contribution >= 4 is 11.9 Å². The minimum atomic E-state index is -0.466. The fourth-order valence-electron chi connectivity index (χ4n) is 2.45. The first-order chi connectivity index (χ1) is 10.7. The molecule has 1 amide bonds. The molecule has 1 heterocycles. The zero-order valence-electron chi connectivity index (χ0n) is 12.8. The molecule has 0 radical (unpaired) electrons.